The van der Waals surface area contributed by atoms with E-state index in [0.29, 0.717) is 0 Å². The molecule has 24 heavy (non-hydrogen) atoms. The predicted octanol–water partition coefficient (Wildman–Crippen LogP) is 4.14. The number of rotatable bonds is 2. The molecule has 2 N–H and O–H groups in total. The minimum Gasteiger partial charge on any atom is -0.348 e. The van der Waals surface area contributed by atoms with E-state index in [2.05, 4.69) is 28.4 Å². The van der Waals surface area contributed by atoms with Crippen molar-refractivity contribution in [2.45, 2.75) is 57.4 Å². The molecule has 0 unspecified atom stereocenters. The van der Waals surface area contributed by atoms with Crippen molar-refractivity contribution in [2.75, 3.05) is 0 Å². The lowest BCUT2D eigenvalue weighted by atomic mass is 10.1. The number of pyridine rings is 1. The third-order valence-electron chi connectivity index (χ3n) is 4.98. The largest absolute Gasteiger partial charge is 0.348 e. The minimum atomic E-state index is -1.12. The van der Waals surface area contributed by atoms with Gasteiger partial charge in [0.05, 0.1) is 11.1 Å². The summed E-state index contributed by atoms with van der Waals surface area (Å²) in [4.78, 5) is 19.2. The number of fused-ring (bicyclic) bond motifs is 1. The van der Waals surface area contributed by atoms with Crippen LogP contribution in [0.2, 0.25) is 25.2 Å². The Kier molecular flexibility index (Phi) is 4.46. The van der Waals surface area contributed by atoms with E-state index in [1.54, 1.807) is 0 Å². The predicted molar refractivity (Wildman–Crippen MR) is 92.9 cm³/mol. The number of carbonyl (C=O) groups excluding carboxylic acids is 1. The maximum atomic E-state index is 14.0. The van der Waals surface area contributed by atoms with Gasteiger partial charge in [-0.05, 0) is 25.8 Å². The molecule has 1 aliphatic heterocycles. The Labute approximate surface area is 141 Å². The van der Waals surface area contributed by atoms with Crippen LogP contribution in [0.3, 0.4) is 0 Å². The highest BCUT2D eigenvalue weighted by Gasteiger charge is 2.27. The number of aromatic amines is 1. The Morgan fingerprint density at radius 1 is 1.29 bits per heavy atom. The average molecular weight is 351 g/mol. The van der Waals surface area contributed by atoms with Gasteiger partial charge in [-0.25, -0.2) is 13.8 Å². The zero-order chi connectivity index (χ0) is 17.5. The number of amides is 1. The van der Waals surface area contributed by atoms with E-state index in [1.165, 1.54) is 25.1 Å². The van der Waals surface area contributed by atoms with E-state index < -0.39 is 19.7 Å². The van der Waals surface area contributed by atoms with Crippen molar-refractivity contribution in [2.24, 2.45) is 0 Å². The summed E-state index contributed by atoms with van der Waals surface area (Å²) in [5, 5.41) is 3.04. The summed E-state index contributed by atoms with van der Waals surface area (Å²) in [6.07, 6.45) is 3.10. The molecule has 3 heterocycles. The minimum absolute atomic E-state index is 0.0117. The lowest BCUT2D eigenvalue weighted by Gasteiger charge is -2.19. The summed E-state index contributed by atoms with van der Waals surface area (Å²) in [5.41, 5.74) is 0.401. The molecule has 7 heteroatoms. The normalized spacial score (nSPS) is 20.8. The fraction of sp³-hybridized carbons (Fsp3) is 0.529. The first-order valence-electron chi connectivity index (χ1n) is 8.42. The molecule has 3 rings (SSSR count). The quantitative estimate of drug-likeness (QED) is 0.799. The van der Waals surface area contributed by atoms with Gasteiger partial charge in [-0.2, -0.15) is 0 Å². The molecule has 0 radical (unpaired) electrons. The SMILES string of the molecule is Cc1nc2[nH]c(C(=O)N[C@@H]3CCC[Si](C)(C)CC3)cc2c(F)c1F. The first kappa shape index (κ1) is 17.1. The highest BCUT2D eigenvalue weighted by Crippen LogP contribution is 2.27. The van der Waals surface area contributed by atoms with Gasteiger partial charge in [-0.3, -0.25) is 4.79 Å². The van der Waals surface area contributed by atoms with Crippen LogP contribution < -0.4 is 5.32 Å². The molecular formula is C17H23F2N3OSi. The van der Waals surface area contributed by atoms with Gasteiger partial charge in [0, 0.05) is 14.1 Å². The van der Waals surface area contributed by atoms with Crippen molar-refractivity contribution >= 4 is 25.0 Å². The second-order valence-corrected chi connectivity index (χ2v) is 12.9. The molecule has 1 amide bonds. The first-order chi connectivity index (χ1) is 11.3. The number of nitrogens with zero attached hydrogens (tertiary/aromatic N) is 1. The molecule has 2 aromatic heterocycles. The van der Waals surface area contributed by atoms with E-state index in [0.717, 1.165) is 19.3 Å². The molecule has 130 valence electrons. The Morgan fingerprint density at radius 2 is 2.04 bits per heavy atom. The smallest absolute Gasteiger partial charge is 0.267 e. The number of hydrogen-bond acceptors (Lipinski definition) is 2. The summed E-state index contributed by atoms with van der Waals surface area (Å²) in [5.74, 6) is -2.21. The van der Waals surface area contributed by atoms with Crippen LogP contribution in [-0.4, -0.2) is 30.0 Å². The second kappa shape index (κ2) is 6.27. The van der Waals surface area contributed by atoms with Crippen LogP contribution in [-0.2, 0) is 0 Å². The Bertz CT molecular complexity index is 788. The van der Waals surface area contributed by atoms with Crippen molar-refractivity contribution in [3.05, 3.63) is 29.1 Å². The number of halogens is 2. The molecule has 0 aliphatic carbocycles. The van der Waals surface area contributed by atoms with E-state index in [1.807, 2.05) is 0 Å². The molecule has 1 fully saturated rings. The Hall–Kier alpha value is -1.76. The summed E-state index contributed by atoms with van der Waals surface area (Å²) in [6.45, 7) is 6.18. The van der Waals surface area contributed by atoms with Gasteiger partial charge in [-0.1, -0.05) is 31.6 Å². The maximum absolute atomic E-state index is 14.0. The van der Waals surface area contributed by atoms with E-state index in [9.17, 15) is 13.6 Å². The lowest BCUT2D eigenvalue weighted by Crippen LogP contribution is -2.35. The molecular weight excluding hydrogens is 328 g/mol. The molecule has 1 saturated heterocycles. The fourth-order valence-corrected chi connectivity index (χ4v) is 5.93. The second-order valence-electron chi connectivity index (χ2n) is 7.54. The van der Waals surface area contributed by atoms with E-state index in [4.69, 9.17) is 0 Å². The topological polar surface area (TPSA) is 57.8 Å². The molecule has 2 aromatic rings. The highest BCUT2D eigenvalue weighted by atomic mass is 28.3. The molecule has 4 nitrogen and oxygen atoms in total. The van der Waals surface area contributed by atoms with Crippen molar-refractivity contribution in [1.82, 2.24) is 15.3 Å². The van der Waals surface area contributed by atoms with Gasteiger partial charge in [0.25, 0.3) is 5.91 Å². The van der Waals surface area contributed by atoms with E-state index >= 15 is 0 Å². The summed E-state index contributed by atoms with van der Waals surface area (Å²) < 4.78 is 27.6. The van der Waals surface area contributed by atoms with Gasteiger partial charge in [0.1, 0.15) is 11.3 Å². The summed E-state index contributed by atoms with van der Waals surface area (Å²) in [6, 6.07) is 3.98. The standard InChI is InChI=1S/C17H23F2N3OSi/c1-10-14(18)15(19)12-9-13(22-16(12)20-10)17(23)21-11-5-4-7-24(2,3)8-6-11/h9,11H,4-8H2,1-3H3,(H,20,22)(H,21,23)/t11-/m1/s1. The maximum Gasteiger partial charge on any atom is 0.267 e. The molecule has 1 aliphatic rings. The van der Waals surface area contributed by atoms with Crippen molar-refractivity contribution in [3.63, 3.8) is 0 Å². The number of carbonyl (C=O) groups is 1. The highest BCUT2D eigenvalue weighted by molar-refractivity contribution is 6.77. The van der Waals surface area contributed by atoms with Gasteiger partial charge in [-0.15, -0.1) is 0 Å². The number of aryl methyl sites for hydroxylation is 1. The van der Waals surface area contributed by atoms with Gasteiger partial charge in [0.2, 0.25) is 0 Å². The summed E-state index contributed by atoms with van der Waals surface area (Å²) >= 11 is 0. The Balaban J connectivity index is 1.78. The lowest BCUT2D eigenvalue weighted by molar-refractivity contribution is 0.0930. The van der Waals surface area contributed by atoms with Crippen LogP contribution in [0.5, 0.6) is 0 Å². The fourth-order valence-electron chi connectivity index (χ4n) is 3.38. The summed E-state index contributed by atoms with van der Waals surface area (Å²) in [7, 11) is -1.12. The molecule has 1 atom stereocenters. The van der Waals surface area contributed by atoms with Crippen molar-refractivity contribution in [1.29, 1.82) is 0 Å². The van der Waals surface area contributed by atoms with Crippen molar-refractivity contribution < 1.29 is 13.6 Å². The molecule has 0 spiro atoms. The van der Waals surface area contributed by atoms with Crippen LogP contribution >= 0.6 is 0 Å². The molecule has 0 aromatic carbocycles. The average Bonchev–Trinajstić information content (AvgIpc) is 2.86. The number of nitrogens with one attached hydrogen (secondary N) is 2. The zero-order valence-electron chi connectivity index (χ0n) is 14.3. The van der Waals surface area contributed by atoms with Gasteiger partial charge >= 0.3 is 0 Å². The number of aromatic nitrogens is 2. The number of hydrogen-bond donors (Lipinski definition) is 2. The zero-order valence-corrected chi connectivity index (χ0v) is 15.3. The van der Waals surface area contributed by atoms with Crippen LogP contribution in [0.1, 0.15) is 35.4 Å². The first-order valence-corrected chi connectivity index (χ1v) is 11.8. The monoisotopic (exact) mass is 351 g/mol. The van der Waals surface area contributed by atoms with Gasteiger partial charge in [0.15, 0.2) is 11.6 Å². The Morgan fingerprint density at radius 3 is 2.79 bits per heavy atom. The van der Waals surface area contributed by atoms with Crippen LogP contribution in [0.4, 0.5) is 8.78 Å². The van der Waals surface area contributed by atoms with Crippen LogP contribution in [0.25, 0.3) is 11.0 Å². The van der Waals surface area contributed by atoms with Crippen molar-refractivity contribution in [3.8, 4) is 0 Å². The van der Waals surface area contributed by atoms with Crippen LogP contribution in [0, 0.1) is 18.6 Å². The van der Waals surface area contributed by atoms with Crippen LogP contribution in [0.15, 0.2) is 6.07 Å². The van der Waals surface area contributed by atoms with Gasteiger partial charge < -0.3 is 10.3 Å². The third-order valence-corrected chi connectivity index (χ3v) is 8.33. The molecule has 0 bridgehead atoms. The molecule has 0 saturated carbocycles. The number of H-pyrrole nitrogens is 1. The third kappa shape index (κ3) is 3.36. The van der Waals surface area contributed by atoms with E-state index in [-0.39, 0.29) is 34.4 Å².